The van der Waals surface area contributed by atoms with Gasteiger partial charge in [-0.1, -0.05) is 35.9 Å². The zero-order valence-electron chi connectivity index (χ0n) is 12.6. The van der Waals surface area contributed by atoms with Gasteiger partial charge in [0, 0.05) is 0 Å². The molecule has 0 spiro atoms. The lowest BCUT2D eigenvalue weighted by molar-refractivity contribution is -0.124. The first-order valence-electron chi connectivity index (χ1n) is 7.13. The summed E-state index contributed by atoms with van der Waals surface area (Å²) >= 11 is 5.74. The van der Waals surface area contributed by atoms with Crippen molar-refractivity contribution in [1.29, 1.82) is 0 Å². The Labute approximate surface area is 143 Å². The third-order valence-electron chi connectivity index (χ3n) is 2.94. The molecule has 0 aliphatic heterocycles. The molecule has 1 amide bonds. The fourth-order valence-corrected chi connectivity index (χ4v) is 2.06. The van der Waals surface area contributed by atoms with Gasteiger partial charge in [0.2, 0.25) is 0 Å². The largest absolute Gasteiger partial charge is 0.492 e. The molecule has 0 unspecified atom stereocenters. The zero-order chi connectivity index (χ0) is 17.4. The smallest absolute Gasteiger partial charge is 0.343 e. The molecule has 0 aliphatic rings. The topological polar surface area (TPSA) is 64.6 Å². The molecule has 0 bridgehead atoms. The second-order valence-corrected chi connectivity index (χ2v) is 5.09. The summed E-state index contributed by atoms with van der Waals surface area (Å²) in [6.45, 7) is -0.0244. The van der Waals surface area contributed by atoms with Gasteiger partial charge in [0.05, 0.1) is 11.6 Å². The minimum Gasteiger partial charge on any atom is -0.492 e. The molecule has 0 fully saturated rings. The maximum Gasteiger partial charge on any atom is 0.343 e. The van der Waals surface area contributed by atoms with Crippen molar-refractivity contribution in [2.24, 2.45) is 0 Å². The third-order valence-corrected chi connectivity index (χ3v) is 3.25. The molecule has 126 valence electrons. The molecule has 0 heterocycles. The van der Waals surface area contributed by atoms with E-state index >= 15 is 0 Å². The van der Waals surface area contributed by atoms with Gasteiger partial charge in [-0.25, -0.2) is 9.18 Å². The fourth-order valence-electron chi connectivity index (χ4n) is 1.82. The number of halogens is 2. The van der Waals surface area contributed by atoms with Crippen LogP contribution in [0.4, 0.5) is 4.39 Å². The first kappa shape index (κ1) is 17.7. The minimum atomic E-state index is -0.992. The average molecular weight is 352 g/mol. The first-order chi connectivity index (χ1) is 11.6. The Kier molecular flexibility index (Phi) is 6.57. The van der Waals surface area contributed by atoms with E-state index in [0.717, 1.165) is 6.07 Å². The maximum atomic E-state index is 13.5. The molecule has 0 atom stereocenters. The van der Waals surface area contributed by atoms with E-state index in [2.05, 4.69) is 5.32 Å². The first-order valence-corrected chi connectivity index (χ1v) is 7.51. The molecule has 7 heteroatoms. The number of amides is 1. The summed E-state index contributed by atoms with van der Waals surface area (Å²) in [5, 5.41) is 2.45. The molecule has 0 radical (unpaired) electrons. The summed E-state index contributed by atoms with van der Waals surface area (Å²) in [6, 6.07) is 12.9. The third kappa shape index (κ3) is 5.24. The Bertz CT molecular complexity index is 689. The molecule has 0 aromatic heterocycles. The van der Waals surface area contributed by atoms with E-state index < -0.39 is 24.3 Å². The number of hydrogen-bond acceptors (Lipinski definition) is 4. The van der Waals surface area contributed by atoms with Gasteiger partial charge in [0.15, 0.2) is 6.61 Å². The monoisotopic (exact) mass is 351 g/mol. The van der Waals surface area contributed by atoms with Crippen molar-refractivity contribution in [2.75, 3.05) is 19.8 Å². The fraction of sp³-hybridized carbons (Fsp3) is 0.176. The van der Waals surface area contributed by atoms with E-state index in [9.17, 15) is 14.0 Å². The van der Waals surface area contributed by atoms with E-state index in [-0.39, 0.29) is 23.7 Å². The Morgan fingerprint density at radius 2 is 1.83 bits per heavy atom. The van der Waals surface area contributed by atoms with Crippen LogP contribution in [0.25, 0.3) is 0 Å². The lowest BCUT2D eigenvalue weighted by Gasteiger charge is -2.09. The van der Waals surface area contributed by atoms with E-state index in [1.807, 2.05) is 18.2 Å². The van der Waals surface area contributed by atoms with E-state index in [1.165, 1.54) is 12.1 Å². The molecule has 2 aromatic rings. The van der Waals surface area contributed by atoms with E-state index in [1.54, 1.807) is 12.1 Å². The van der Waals surface area contributed by atoms with Crippen LogP contribution < -0.4 is 10.1 Å². The van der Waals surface area contributed by atoms with Crippen LogP contribution >= 0.6 is 11.6 Å². The number of para-hydroxylation sites is 1. The molecule has 2 rings (SSSR count). The summed E-state index contributed by atoms with van der Waals surface area (Å²) < 4.78 is 23.7. The van der Waals surface area contributed by atoms with Crippen molar-refractivity contribution in [3.63, 3.8) is 0 Å². The van der Waals surface area contributed by atoms with Crippen molar-refractivity contribution in [3.8, 4) is 5.75 Å². The van der Waals surface area contributed by atoms with Gasteiger partial charge in [-0.15, -0.1) is 0 Å². The number of rotatable bonds is 7. The molecule has 5 nitrogen and oxygen atoms in total. The van der Waals surface area contributed by atoms with Gasteiger partial charge in [0.25, 0.3) is 5.91 Å². The Morgan fingerprint density at radius 3 is 2.54 bits per heavy atom. The van der Waals surface area contributed by atoms with Crippen LogP contribution in [0, 0.1) is 5.82 Å². The van der Waals surface area contributed by atoms with Gasteiger partial charge in [0.1, 0.15) is 23.7 Å². The number of esters is 1. The highest BCUT2D eigenvalue weighted by Gasteiger charge is 2.18. The summed E-state index contributed by atoms with van der Waals surface area (Å²) in [5.74, 6) is -1.63. The van der Waals surface area contributed by atoms with Crippen LogP contribution in [0.15, 0.2) is 48.5 Å². The van der Waals surface area contributed by atoms with Crippen molar-refractivity contribution in [3.05, 3.63) is 64.9 Å². The van der Waals surface area contributed by atoms with Gasteiger partial charge in [-0.3, -0.25) is 4.79 Å². The number of carbonyl (C=O) groups excluding carboxylic acids is 2. The molecule has 24 heavy (non-hydrogen) atoms. The predicted molar refractivity (Wildman–Crippen MR) is 86.6 cm³/mol. The van der Waals surface area contributed by atoms with Crippen LogP contribution in [0.5, 0.6) is 5.75 Å². The Morgan fingerprint density at radius 1 is 1.08 bits per heavy atom. The summed E-state index contributed by atoms with van der Waals surface area (Å²) in [6.07, 6.45) is 0. The Hall–Kier alpha value is -2.60. The molecule has 1 N–H and O–H groups in total. The molecular weight excluding hydrogens is 337 g/mol. The van der Waals surface area contributed by atoms with Crippen molar-refractivity contribution in [1.82, 2.24) is 5.32 Å². The molecule has 0 aliphatic carbocycles. The van der Waals surface area contributed by atoms with Crippen molar-refractivity contribution < 1.29 is 23.5 Å². The maximum absolute atomic E-state index is 13.5. The Balaban J connectivity index is 1.70. The highest BCUT2D eigenvalue weighted by molar-refractivity contribution is 6.33. The standard InChI is InChI=1S/C17H15ClFNO4/c18-13-7-4-8-14(19)16(13)17(22)24-11-15(21)20-9-10-23-12-5-2-1-3-6-12/h1-8H,9-11H2,(H,20,21). The number of ether oxygens (including phenoxy) is 2. The van der Waals surface area contributed by atoms with Crippen LogP contribution in [-0.4, -0.2) is 31.6 Å². The summed E-state index contributed by atoms with van der Waals surface area (Å²) in [5.41, 5.74) is -0.389. The van der Waals surface area contributed by atoms with Gasteiger partial charge in [-0.05, 0) is 24.3 Å². The number of benzene rings is 2. The second kappa shape index (κ2) is 8.88. The molecule has 2 aromatic carbocycles. The number of carbonyl (C=O) groups is 2. The normalized spacial score (nSPS) is 10.1. The van der Waals surface area contributed by atoms with E-state index in [4.69, 9.17) is 21.1 Å². The summed E-state index contributed by atoms with van der Waals surface area (Å²) in [7, 11) is 0. The molecule has 0 saturated carbocycles. The number of hydrogen-bond donors (Lipinski definition) is 1. The van der Waals surface area contributed by atoms with Crippen LogP contribution in [0.2, 0.25) is 5.02 Å². The predicted octanol–water partition coefficient (Wildman–Crippen LogP) is 2.83. The van der Waals surface area contributed by atoms with Crippen molar-refractivity contribution in [2.45, 2.75) is 0 Å². The lowest BCUT2D eigenvalue weighted by atomic mass is 10.2. The highest BCUT2D eigenvalue weighted by atomic mass is 35.5. The van der Waals surface area contributed by atoms with Crippen LogP contribution in [0.3, 0.4) is 0 Å². The van der Waals surface area contributed by atoms with Gasteiger partial charge in [-0.2, -0.15) is 0 Å². The van der Waals surface area contributed by atoms with Gasteiger partial charge < -0.3 is 14.8 Å². The average Bonchev–Trinajstić information content (AvgIpc) is 2.57. The van der Waals surface area contributed by atoms with E-state index in [0.29, 0.717) is 5.75 Å². The zero-order valence-corrected chi connectivity index (χ0v) is 13.4. The molecule has 0 saturated heterocycles. The summed E-state index contributed by atoms with van der Waals surface area (Å²) in [4.78, 5) is 23.3. The van der Waals surface area contributed by atoms with Crippen molar-refractivity contribution >= 4 is 23.5 Å². The molecular formula is C17H15ClFNO4. The SMILES string of the molecule is O=C(COC(=O)c1c(F)cccc1Cl)NCCOc1ccccc1. The lowest BCUT2D eigenvalue weighted by Crippen LogP contribution is -2.32. The minimum absolute atomic E-state index is 0.0725. The quantitative estimate of drug-likeness (QED) is 0.615. The van der Waals surface area contributed by atoms with Crippen LogP contribution in [0.1, 0.15) is 10.4 Å². The number of nitrogens with one attached hydrogen (secondary N) is 1. The second-order valence-electron chi connectivity index (χ2n) is 4.68. The van der Waals surface area contributed by atoms with Gasteiger partial charge >= 0.3 is 5.97 Å². The van der Waals surface area contributed by atoms with Crippen LogP contribution in [-0.2, 0) is 9.53 Å². The highest BCUT2D eigenvalue weighted by Crippen LogP contribution is 2.19.